The first-order chi connectivity index (χ1) is 9.52. The van der Waals surface area contributed by atoms with Gasteiger partial charge in [0.2, 0.25) is 0 Å². The van der Waals surface area contributed by atoms with Crippen molar-refractivity contribution in [3.05, 3.63) is 69.2 Å². The van der Waals surface area contributed by atoms with Crippen LogP contribution in [0.3, 0.4) is 0 Å². The first kappa shape index (κ1) is 15.1. The minimum absolute atomic E-state index is 0.311. The minimum Gasteiger partial charge on any atom is -0.313 e. The van der Waals surface area contributed by atoms with Gasteiger partial charge in [0.05, 0.1) is 0 Å². The predicted octanol–water partition coefficient (Wildman–Crippen LogP) is 4.77. The molecule has 20 heavy (non-hydrogen) atoms. The summed E-state index contributed by atoms with van der Waals surface area (Å²) in [5.74, 6) is 0. The predicted molar refractivity (Wildman–Crippen MR) is 87.6 cm³/mol. The van der Waals surface area contributed by atoms with Crippen LogP contribution in [-0.2, 0) is 6.42 Å². The normalized spacial score (nSPS) is 12.4. The number of halogens is 1. The molecule has 1 unspecified atom stereocenters. The summed E-state index contributed by atoms with van der Waals surface area (Å²) in [5, 5.41) is 4.25. The van der Waals surface area contributed by atoms with Gasteiger partial charge in [-0.25, -0.2) is 0 Å². The Hall–Kier alpha value is -1.31. The molecular formula is C18H22ClN. The molecule has 1 atom stereocenters. The Labute approximate surface area is 127 Å². The molecule has 0 saturated heterocycles. The number of hydrogen-bond donors (Lipinski definition) is 1. The fourth-order valence-electron chi connectivity index (χ4n) is 2.65. The van der Waals surface area contributed by atoms with Crippen molar-refractivity contribution in [3.63, 3.8) is 0 Å². The van der Waals surface area contributed by atoms with Crippen LogP contribution in [0.25, 0.3) is 0 Å². The van der Waals surface area contributed by atoms with E-state index in [4.69, 9.17) is 11.6 Å². The van der Waals surface area contributed by atoms with Crippen LogP contribution in [0, 0.1) is 20.8 Å². The molecule has 1 N–H and O–H groups in total. The first-order valence-corrected chi connectivity index (χ1v) is 7.39. The molecule has 2 aromatic rings. The maximum atomic E-state index is 6.12. The Morgan fingerprint density at radius 3 is 2.20 bits per heavy atom. The second-order valence-corrected chi connectivity index (χ2v) is 5.83. The van der Waals surface area contributed by atoms with Crippen LogP contribution in [0.1, 0.15) is 33.9 Å². The lowest BCUT2D eigenvalue weighted by Crippen LogP contribution is -2.20. The van der Waals surface area contributed by atoms with E-state index in [1.54, 1.807) is 0 Å². The molecule has 0 aromatic heterocycles. The summed E-state index contributed by atoms with van der Waals surface area (Å²) in [6.07, 6.45) is 0.996. The fourth-order valence-corrected chi connectivity index (χ4v) is 2.76. The van der Waals surface area contributed by atoms with Gasteiger partial charge in [0.15, 0.2) is 0 Å². The minimum atomic E-state index is 0.311. The van der Waals surface area contributed by atoms with Crippen LogP contribution in [0.15, 0.2) is 36.4 Å². The highest BCUT2D eigenvalue weighted by Crippen LogP contribution is 2.25. The number of rotatable bonds is 4. The van der Waals surface area contributed by atoms with E-state index in [0.717, 1.165) is 17.0 Å². The van der Waals surface area contributed by atoms with Gasteiger partial charge in [-0.05, 0) is 68.1 Å². The Kier molecular flexibility index (Phi) is 4.85. The molecule has 2 rings (SSSR count). The smallest absolute Gasteiger partial charge is 0.0435 e. The summed E-state index contributed by atoms with van der Waals surface area (Å²) in [6, 6.07) is 13.1. The van der Waals surface area contributed by atoms with Gasteiger partial charge in [0, 0.05) is 11.1 Å². The SMILES string of the molecule is CNC(Cc1c(C)cccc1C)c1ccc(Cl)c(C)c1. The van der Waals surface area contributed by atoms with Crippen molar-refractivity contribution < 1.29 is 0 Å². The Bertz CT molecular complexity index is 584. The van der Waals surface area contributed by atoms with Gasteiger partial charge in [-0.1, -0.05) is 41.9 Å². The van der Waals surface area contributed by atoms with Crippen molar-refractivity contribution in [1.29, 1.82) is 0 Å². The van der Waals surface area contributed by atoms with Crippen molar-refractivity contribution in [3.8, 4) is 0 Å². The van der Waals surface area contributed by atoms with Crippen molar-refractivity contribution >= 4 is 11.6 Å². The van der Waals surface area contributed by atoms with Crippen LogP contribution in [0.2, 0.25) is 5.02 Å². The second kappa shape index (κ2) is 6.43. The van der Waals surface area contributed by atoms with Crippen LogP contribution < -0.4 is 5.32 Å². The summed E-state index contributed by atoms with van der Waals surface area (Å²) in [7, 11) is 2.02. The van der Waals surface area contributed by atoms with Gasteiger partial charge in [0.1, 0.15) is 0 Å². The van der Waals surface area contributed by atoms with Gasteiger partial charge < -0.3 is 5.32 Å². The van der Waals surface area contributed by atoms with Crippen molar-refractivity contribution in [2.24, 2.45) is 0 Å². The maximum Gasteiger partial charge on any atom is 0.0435 e. The largest absolute Gasteiger partial charge is 0.313 e. The highest BCUT2D eigenvalue weighted by atomic mass is 35.5. The van der Waals surface area contributed by atoms with E-state index in [1.807, 2.05) is 13.1 Å². The van der Waals surface area contributed by atoms with Crippen molar-refractivity contribution in [1.82, 2.24) is 5.32 Å². The molecule has 0 heterocycles. The zero-order chi connectivity index (χ0) is 14.7. The van der Waals surface area contributed by atoms with Crippen molar-refractivity contribution in [2.45, 2.75) is 33.2 Å². The molecule has 106 valence electrons. The summed E-state index contributed by atoms with van der Waals surface area (Å²) >= 11 is 6.12. The molecule has 0 bridgehead atoms. The summed E-state index contributed by atoms with van der Waals surface area (Å²) < 4.78 is 0. The third-order valence-electron chi connectivity index (χ3n) is 3.99. The lowest BCUT2D eigenvalue weighted by atomic mass is 9.92. The van der Waals surface area contributed by atoms with E-state index in [0.29, 0.717) is 6.04 Å². The van der Waals surface area contributed by atoms with Crippen LogP contribution >= 0.6 is 11.6 Å². The van der Waals surface area contributed by atoms with Gasteiger partial charge in [0.25, 0.3) is 0 Å². The van der Waals surface area contributed by atoms with E-state index in [9.17, 15) is 0 Å². The molecule has 0 aliphatic rings. The third-order valence-corrected chi connectivity index (χ3v) is 4.41. The second-order valence-electron chi connectivity index (χ2n) is 5.42. The molecule has 0 aliphatic carbocycles. The number of benzene rings is 2. The van der Waals surface area contributed by atoms with Gasteiger partial charge in [-0.2, -0.15) is 0 Å². The number of nitrogens with one attached hydrogen (secondary N) is 1. The molecule has 0 radical (unpaired) electrons. The molecule has 0 aliphatic heterocycles. The topological polar surface area (TPSA) is 12.0 Å². The molecule has 0 spiro atoms. The van der Waals surface area contributed by atoms with E-state index in [1.165, 1.54) is 22.3 Å². The molecule has 1 nitrogen and oxygen atoms in total. The summed E-state index contributed by atoms with van der Waals surface area (Å²) in [5.41, 5.74) is 6.56. The van der Waals surface area contributed by atoms with Crippen LogP contribution in [-0.4, -0.2) is 7.05 Å². The van der Waals surface area contributed by atoms with Gasteiger partial charge in [-0.3, -0.25) is 0 Å². The zero-order valence-corrected chi connectivity index (χ0v) is 13.4. The highest BCUT2D eigenvalue weighted by Gasteiger charge is 2.13. The van der Waals surface area contributed by atoms with E-state index in [2.05, 4.69) is 56.4 Å². The van der Waals surface area contributed by atoms with E-state index < -0.39 is 0 Å². The molecule has 0 amide bonds. The standard InChI is InChI=1S/C18H22ClN/c1-12-6-5-7-13(2)16(12)11-18(20-4)15-8-9-17(19)14(3)10-15/h5-10,18,20H,11H2,1-4H3. The number of hydrogen-bond acceptors (Lipinski definition) is 1. The fraction of sp³-hybridized carbons (Fsp3) is 0.333. The quantitative estimate of drug-likeness (QED) is 0.854. The summed E-state index contributed by atoms with van der Waals surface area (Å²) in [4.78, 5) is 0. The highest BCUT2D eigenvalue weighted by molar-refractivity contribution is 6.31. The molecule has 0 saturated carbocycles. The van der Waals surface area contributed by atoms with E-state index in [-0.39, 0.29) is 0 Å². The number of likely N-dealkylation sites (N-methyl/N-ethyl adjacent to an activating group) is 1. The van der Waals surface area contributed by atoms with Gasteiger partial charge >= 0.3 is 0 Å². The lowest BCUT2D eigenvalue weighted by Gasteiger charge is -2.20. The molecule has 0 fully saturated rings. The molecule has 2 aromatic carbocycles. The van der Waals surface area contributed by atoms with Gasteiger partial charge in [-0.15, -0.1) is 0 Å². The van der Waals surface area contributed by atoms with Crippen LogP contribution in [0.5, 0.6) is 0 Å². The summed E-state index contributed by atoms with van der Waals surface area (Å²) in [6.45, 7) is 6.42. The molecular weight excluding hydrogens is 266 g/mol. The monoisotopic (exact) mass is 287 g/mol. The third kappa shape index (κ3) is 3.23. The Balaban J connectivity index is 2.31. The first-order valence-electron chi connectivity index (χ1n) is 7.01. The maximum absolute atomic E-state index is 6.12. The Morgan fingerprint density at radius 1 is 1.00 bits per heavy atom. The average Bonchev–Trinajstić information content (AvgIpc) is 2.42. The average molecular weight is 288 g/mol. The van der Waals surface area contributed by atoms with E-state index >= 15 is 0 Å². The Morgan fingerprint density at radius 2 is 1.65 bits per heavy atom. The van der Waals surface area contributed by atoms with Crippen LogP contribution in [0.4, 0.5) is 0 Å². The molecule has 2 heteroatoms. The number of aryl methyl sites for hydroxylation is 3. The van der Waals surface area contributed by atoms with Crippen molar-refractivity contribution in [2.75, 3.05) is 7.05 Å². The lowest BCUT2D eigenvalue weighted by molar-refractivity contribution is 0.589. The zero-order valence-electron chi connectivity index (χ0n) is 12.6.